The highest BCUT2D eigenvalue weighted by molar-refractivity contribution is 7.14. The fourth-order valence-corrected chi connectivity index (χ4v) is 3.28. The SMILES string of the molecule is CC(=O)Nc1ccc(-c2csc(N[C@@H](C)c3ccccc3)n2)c(F)c1. The lowest BCUT2D eigenvalue weighted by Gasteiger charge is -2.12. The molecule has 0 saturated carbocycles. The summed E-state index contributed by atoms with van der Waals surface area (Å²) in [5.41, 5.74) is 2.57. The predicted octanol–water partition coefficient (Wildman–Crippen LogP) is 5.08. The number of hydrogen-bond acceptors (Lipinski definition) is 4. The third-order valence-corrected chi connectivity index (χ3v) is 4.48. The van der Waals surface area contributed by atoms with E-state index in [1.807, 2.05) is 35.7 Å². The quantitative estimate of drug-likeness (QED) is 0.671. The summed E-state index contributed by atoms with van der Waals surface area (Å²) >= 11 is 1.43. The number of amides is 1. The molecule has 2 aromatic carbocycles. The van der Waals surface area contributed by atoms with E-state index in [1.54, 1.807) is 12.1 Å². The normalized spacial score (nSPS) is 11.8. The van der Waals surface area contributed by atoms with Crippen molar-refractivity contribution in [1.29, 1.82) is 0 Å². The number of anilines is 2. The molecule has 0 radical (unpaired) electrons. The van der Waals surface area contributed by atoms with E-state index >= 15 is 0 Å². The molecule has 1 amide bonds. The number of halogens is 1. The van der Waals surface area contributed by atoms with Crippen molar-refractivity contribution < 1.29 is 9.18 Å². The Hall–Kier alpha value is -2.73. The van der Waals surface area contributed by atoms with E-state index in [9.17, 15) is 9.18 Å². The Balaban J connectivity index is 1.76. The zero-order chi connectivity index (χ0) is 17.8. The van der Waals surface area contributed by atoms with Gasteiger partial charge in [-0.1, -0.05) is 30.3 Å². The van der Waals surface area contributed by atoms with Crippen LogP contribution in [0, 0.1) is 5.82 Å². The van der Waals surface area contributed by atoms with Crippen LogP contribution in [0.2, 0.25) is 0 Å². The van der Waals surface area contributed by atoms with Crippen molar-refractivity contribution in [2.45, 2.75) is 19.9 Å². The van der Waals surface area contributed by atoms with Gasteiger partial charge in [-0.05, 0) is 30.7 Å². The van der Waals surface area contributed by atoms with Gasteiger partial charge in [0.1, 0.15) is 5.82 Å². The van der Waals surface area contributed by atoms with Crippen LogP contribution in [0.3, 0.4) is 0 Å². The topological polar surface area (TPSA) is 54.0 Å². The number of hydrogen-bond donors (Lipinski definition) is 2. The van der Waals surface area contributed by atoms with Crippen molar-refractivity contribution in [3.63, 3.8) is 0 Å². The van der Waals surface area contributed by atoms with Crippen LogP contribution in [-0.2, 0) is 4.79 Å². The van der Waals surface area contributed by atoms with Gasteiger partial charge in [0, 0.05) is 23.6 Å². The average molecular weight is 355 g/mol. The van der Waals surface area contributed by atoms with E-state index in [0.29, 0.717) is 16.9 Å². The molecular formula is C19H18FN3OS. The van der Waals surface area contributed by atoms with E-state index in [1.165, 1.54) is 24.3 Å². The van der Waals surface area contributed by atoms with Crippen LogP contribution in [0.15, 0.2) is 53.9 Å². The molecule has 128 valence electrons. The second-order valence-corrected chi connectivity index (χ2v) is 6.55. The molecule has 3 aromatic rings. The van der Waals surface area contributed by atoms with E-state index < -0.39 is 5.82 Å². The van der Waals surface area contributed by atoms with Gasteiger partial charge in [-0.25, -0.2) is 9.37 Å². The van der Waals surface area contributed by atoms with Gasteiger partial charge in [-0.2, -0.15) is 0 Å². The fraction of sp³-hybridized carbons (Fsp3) is 0.158. The molecule has 1 heterocycles. The Bertz CT molecular complexity index is 879. The molecule has 3 rings (SSSR count). The summed E-state index contributed by atoms with van der Waals surface area (Å²) in [4.78, 5) is 15.5. The molecule has 0 aliphatic rings. The van der Waals surface area contributed by atoms with Gasteiger partial charge in [0.25, 0.3) is 0 Å². The van der Waals surface area contributed by atoms with Crippen LogP contribution in [-0.4, -0.2) is 10.9 Å². The minimum atomic E-state index is -0.417. The Morgan fingerprint density at radius 2 is 1.96 bits per heavy atom. The molecule has 0 saturated heterocycles. The summed E-state index contributed by atoms with van der Waals surface area (Å²) in [5.74, 6) is -0.651. The first-order chi connectivity index (χ1) is 12.0. The molecule has 25 heavy (non-hydrogen) atoms. The van der Waals surface area contributed by atoms with Crippen molar-refractivity contribution >= 4 is 28.1 Å². The minimum absolute atomic E-state index is 0.104. The first kappa shape index (κ1) is 17.1. The van der Waals surface area contributed by atoms with Crippen molar-refractivity contribution in [3.05, 3.63) is 65.3 Å². The smallest absolute Gasteiger partial charge is 0.221 e. The van der Waals surface area contributed by atoms with Gasteiger partial charge in [0.2, 0.25) is 5.91 Å². The number of aromatic nitrogens is 1. The predicted molar refractivity (Wildman–Crippen MR) is 100 cm³/mol. The number of benzene rings is 2. The Labute approximate surface area is 149 Å². The summed E-state index contributed by atoms with van der Waals surface area (Å²) in [6, 6.07) is 14.8. The number of carbonyl (C=O) groups is 1. The lowest BCUT2D eigenvalue weighted by atomic mass is 10.1. The maximum Gasteiger partial charge on any atom is 0.221 e. The molecule has 0 fully saturated rings. The first-order valence-corrected chi connectivity index (χ1v) is 8.75. The van der Waals surface area contributed by atoms with E-state index in [4.69, 9.17) is 0 Å². The monoisotopic (exact) mass is 355 g/mol. The van der Waals surface area contributed by atoms with Gasteiger partial charge in [0.15, 0.2) is 5.13 Å². The Morgan fingerprint density at radius 3 is 2.64 bits per heavy atom. The molecule has 2 N–H and O–H groups in total. The number of carbonyl (C=O) groups excluding carboxylic acids is 1. The fourth-order valence-electron chi connectivity index (χ4n) is 2.48. The van der Waals surface area contributed by atoms with Gasteiger partial charge in [-0.3, -0.25) is 4.79 Å². The van der Waals surface area contributed by atoms with Crippen molar-refractivity contribution in [1.82, 2.24) is 4.98 Å². The molecule has 0 unspecified atom stereocenters. The maximum absolute atomic E-state index is 14.3. The summed E-state index contributed by atoms with van der Waals surface area (Å²) in [5, 5.41) is 8.45. The highest BCUT2D eigenvalue weighted by Crippen LogP contribution is 2.30. The molecule has 4 nitrogen and oxygen atoms in total. The molecule has 1 aromatic heterocycles. The summed E-state index contributed by atoms with van der Waals surface area (Å²) in [6.45, 7) is 3.44. The lowest BCUT2D eigenvalue weighted by molar-refractivity contribution is -0.114. The van der Waals surface area contributed by atoms with Crippen molar-refractivity contribution in [2.24, 2.45) is 0 Å². The van der Waals surface area contributed by atoms with Crippen LogP contribution >= 0.6 is 11.3 Å². The van der Waals surface area contributed by atoms with Crippen LogP contribution < -0.4 is 10.6 Å². The Kier molecular flexibility index (Phi) is 5.09. The number of thiazole rings is 1. The summed E-state index contributed by atoms with van der Waals surface area (Å²) in [7, 11) is 0. The molecule has 0 aliphatic heterocycles. The van der Waals surface area contributed by atoms with E-state index in [0.717, 1.165) is 10.7 Å². The van der Waals surface area contributed by atoms with Gasteiger partial charge in [0.05, 0.1) is 11.7 Å². The van der Waals surface area contributed by atoms with Crippen molar-refractivity contribution in [3.8, 4) is 11.3 Å². The van der Waals surface area contributed by atoms with Gasteiger partial charge < -0.3 is 10.6 Å². The summed E-state index contributed by atoms with van der Waals surface area (Å²) < 4.78 is 14.3. The zero-order valence-electron chi connectivity index (χ0n) is 13.9. The third kappa shape index (κ3) is 4.22. The molecule has 1 atom stereocenters. The average Bonchev–Trinajstić information content (AvgIpc) is 3.03. The van der Waals surface area contributed by atoms with Gasteiger partial charge >= 0.3 is 0 Å². The largest absolute Gasteiger partial charge is 0.355 e. The first-order valence-electron chi connectivity index (χ1n) is 7.87. The van der Waals surface area contributed by atoms with Crippen LogP contribution in [0.1, 0.15) is 25.5 Å². The molecule has 6 heteroatoms. The second-order valence-electron chi connectivity index (χ2n) is 5.69. The standard InChI is InChI=1S/C19H18FN3OS/c1-12(14-6-4-3-5-7-14)21-19-23-18(11-25-19)16-9-8-15(10-17(16)20)22-13(2)24/h3-12H,1-2H3,(H,21,23)(H,22,24)/t12-/m0/s1. The van der Waals surface area contributed by atoms with E-state index in [2.05, 4.69) is 22.5 Å². The van der Waals surface area contributed by atoms with Crippen LogP contribution in [0.25, 0.3) is 11.3 Å². The number of nitrogens with one attached hydrogen (secondary N) is 2. The second kappa shape index (κ2) is 7.44. The molecular weight excluding hydrogens is 337 g/mol. The molecule has 0 bridgehead atoms. The third-order valence-electron chi connectivity index (χ3n) is 3.71. The molecule has 0 spiro atoms. The van der Waals surface area contributed by atoms with Crippen LogP contribution in [0.5, 0.6) is 0 Å². The highest BCUT2D eigenvalue weighted by atomic mass is 32.1. The van der Waals surface area contributed by atoms with E-state index in [-0.39, 0.29) is 11.9 Å². The molecule has 0 aliphatic carbocycles. The van der Waals surface area contributed by atoms with Gasteiger partial charge in [-0.15, -0.1) is 11.3 Å². The Morgan fingerprint density at radius 1 is 1.20 bits per heavy atom. The maximum atomic E-state index is 14.3. The van der Waals surface area contributed by atoms with Crippen LogP contribution in [0.4, 0.5) is 15.2 Å². The highest BCUT2D eigenvalue weighted by Gasteiger charge is 2.12. The minimum Gasteiger partial charge on any atom is -0.355 e. The summed E-state index contributed by atoms with van der Waals surface area (Å²) in [6.07, 6.45) is 0. The number of rotatable bonds is 5. The number of nitrogens with zero attached hydrogens (tertiary/aromatic N) is 1. The van der Waals surface area contributed by atoms with Crippen molar-refractivity contribution in [2.75, 3.05) is 10.6 Å². The lowest BCUT2D eigenvalue weighted by Crippen LogP contribution is -2.06. The zero-order valence-corrected chi connectivity index (χ0v) is 14.7.